The average Bonchev–Trinajstić information content (AvgIpc) is 2.99. The number of nitrogens with two attached hydrogens (primary N) is 1. The van der Waals surface area contributed by atoms with Gasteiger partial charge < -0.3 is 25.6 Å². The Hall–Kier alpha value is -4.98. The van der Waals surface area contributed by atoms with E-state index >= 15 is 4.39 Å². The van der Waals surface area contributed by atoms with E-state index in [4.69, 9.17) is 22.1 Å². The molecule has 0 spiro atoms. The van der Waals surface area contributed by atoms with Crippen LogP contribution < -0.4 is 20.7 Å². The summed E-state index contributed by atoms with van der Waals surface area (Å²) in [6.45, 7) is 7.19. The molecule has 2 aromatic carbocycles. The summed E-state index contributed by atoms with van der Waals surface area (Å²) >= 11 is 6.50. The Morgan fingerprint density at radius 1 is 1.17 bits per heavy atom. The lowest BCUT2D eigenvalue weighted by atomic mass is 9.98. The van der Waals surface area contributed by atoms with Crippen LogP contribution in [0.1, 0.15) is 28.4 Å². The molecule has 10 nitrogen and oxygen atoms in total. The van der Waals surface area contributed by atoms with Crippen molar-refractivity contribution in [2.75, 3.05) is 42.7 Å². The zero-order valence-corrected chi connectivity index (χ0v) is 25.6. The molecule has 0 aliphatic carbocycles. The number of benzene rings is 2. The van der Waals surface area contributed by atoms with Crippen LogP contribution in [0.5, 0.6) is 6.01 Å². The summed E-state index contributed by atoms with van der Waals surface area (Å²) in [5.41, 5.74) is 3.43. The van der Waals surface area contributed by atoms with E-state index in [2.05, 4.69) is 26.8 Å². The van der Waals surface area contributed by atoms with Crippen molar-refractivity contribution in [2.24, 2.45) is 0 Å². The summed E-state index contributed by atoms with van der Waals surface area (Å²) < 4.78 is 63.9. The second-order valence-electron chi connectivity index (χ2n) is 10.6. The number of ether oxygens (including phenoxy) is 1. The fourth-order valence-corrected chi connectivity index (χ4v) is 5.77. The van der Waals surface area contributed by atoms with E-state index in [-0.39, 0.29) is 70.7 Å². The van der Waals surface area contributed by atoms with Gasteiger partial charge in [0.2, 0.25) is 5.91 Å². The summed E-state index contributed by atoms with van der Waals surface area (Å²) in [7, 11) is 1.27. The number of nitrogens with one attached hydrogen (secondary N) is 1. The number of halogens is 5. The Balaban J connectivity index is 1.53. The lowest BCUT2D eigenvalue weighted by Gasteiger charge is -2.41. The number of nitrogen functional groups attached to an aromatic ring is 1. The lowest BCUT2D eigenvalue weighted by Crippen LogP contribution is -2.54. The minimum atomic E-state index is -4.88. The number of nitrogens with zero attached hydrogens (tertiary/aromatic N) is 5. The van der Waals surface area contributed by atoms with E-state index in [1.807, 2.05) is 11.8 Å². The van der Waals surface area contributed by atoms with E-state index < -0.39 is 34.7 Å². The van der Waals surface area contributed by atoms with Gasteiger partial charge in [-0.1, -0.05) is 24.2 Å². The summed E-state index contributed by atoms with van der Waals surface area (Å²) in [5, 5.41) is 2.39. The predicted octanol–water partition coefficient (Wildman–Crippen LogP) is 5.88. The van der Waals surface area contributed by atoms with Gasteiger partial charge in [-0.3, -0.25) is 9.59 Å². The first-order chi connectivity index (χ1) is 21.7. The molecule has 240 valence electrons. The van der Waals surface area contributed by atoms with Crippen molar-refractivity contribution in [3.8, 4) is 17.3 Å². The number of aryl methyl sites for hydroxylation is 1. The van der Waals surface area contributed by atoms with Gasteiger partial charge in [-0.05, 0) is 55.8 Å². The second-order valence-corrected chi connectivity index (χ2v) is 11.0. The highest BCUT2D eigenvalue weighted by Gasteiger charge is 2.39. The summed E-state index contributed by atoms with van der Waals surface area (Å²) in [6, 6.07) is 8.24. The molecule has 3 N–H and O–H groups in total. The van der Waals surface area contributed by atoms with Gasteiger partial charge in [0.25, 0.3) is 5.91 Å². The number of amides is 2. The highest BCUT2D eigenvalue weighted by Crippen LogP contribution is 2.44. The monoisotopic (exact) mass is 657 g/mol. The number of methoxy groups -OCH3 is 1. The van der Waals surface area contributed by atoms with Gasteiger partial charge in [0.15, 0.2) is 5.82 Å². The number of rotatable bonds is 6. The predicted molar refractivity (Wildman–Crippen MR) is 166 cm³/mol. The van der Waals surface area contributed by atoms with Crippen LogP contribution in [0.2, 0.25) is 5.02 Å². The smallest absolute Gasteiger partial charge is 0.418 e. The molecule has 0 radical (unpaired) electrons. The maximum Gasteiger partial charge on any atom is 0.418 e. The lowest BCUT2D eigenvalue weighted by molar-refractivity contribution is -0.137. The molecule has 4 aromatic rings. The number of hydrogen-bond acceptors (Lipinski definition) is 8. The minimum absolute atomic E-state index is 0.124. The van der Waals surface area contributed by atoms with E-state index in [1.165, 1.54) is 20.1 Å². The largest absolute Gasteiger partial charge is 0.467 e. The third-order valence-electron chi connectivity index (χ3n) is 7.53. The van der Waals surface area contributed by atoms with Crippen molar-refractivity contribution in [2.45, 2.75) is 26.1 Å². The van der Waals surface area contributed by atoms with Crippen molar-refractivity contribution in [3.05, 3.63) is 76.6 Å². The molecule has 15 heteroatoms. The normalized spacial score (nSPS) is 15.2. The molecule has 46 heavy (non-hydrogen) atoms. The summed E-state index contributed by atoms with van der Waals surface area (Å²) in [5.74, 6) is -1.86. The average molecular weight is 658 g/mol. The van der Waals surface area contributed by atoms with Crippen LogP contribution in [-0.2, 0) is 11.0 Å². The molecule has 0 saturated carbocycles. The Bertz CT molecular complexity index is 1890. The molecular formula is C31H28ClF4N7O3. The Morgan fingerprint density at radius 2 is 1.91 bits per heavy atom. The highest BCUT2D eigenvalue weighted by molar-refractivity contribution is 6.34. The van der Waals surface area contributed by atoms with Crippen molar-refractivity contribution >= 4 is 51.6 Å². The van der Waals surface area contributed by atoms with Crippen molar-refractivity contribution in [1.29, 1.82) is 0 Å². The van der Waals surface area contributed by atoms with E-state index in [1.54, 1.807) is 29.2 Å². The Labute approximate surface area is 265 Å². The number of piperazine rings is 1. The van der Waals surface area contributed by atoms with Gasteiger partial charge >= 0.3 is 12.2 Å². The SMILES string of the molecule is C=CC(=O)Nc1cccc(C(=O)N2CCN(c3nc(OC)nc4c(F)c(-c5nc(N)cc(C)c5C(F)(F)F)c(Cl)cc34)C(C)C2)c1. The molecule has 1 unspecified atom stereocenters. The number of carbonyl (C=O) groups is 2. The van der Waals surface area contributed by atoms with Crippen LogP contribution in [0.15, 0.2) is 49.1 Å². The Morgan fingerprint density at radius 3 is 2.57 bits per heavy atom. The zero-order chi connectivity index (χ0) is 33.5. The van der Waals surface area contributed by atoms with E-state index in [0.717, 1.165) is 12.1 Å². The summed E-state index contributed by atoms with van der Waals surface area (Å²) in [6.07, 6.45) is -3.76. The molecule has 2 aromatic heterocycles. The topological polar surface area (TPSA) is 127 Å². The fourth-order valence-electron chi connectivity index (χ4n) is 5.49. The minimum Gasteiger partial charge on any atom is -0.467 e. The van der Waals surface area contributed by atoms with Crippen LogP contribution >= 0.6 is 11.6 Å². The number of alkyl halides is 3. The fraction of sp³-hybridized carbons (Fsp3) is 0.258. The standard InChI is InChI=1S/C31H28ClF4N7O3/c1-5-22(44)38-18-8-6-7-17(12-18)29(45)42-9-10-43(16(3)14-42)28-19-13-20(32)23(25(33)26(19)40-30(41-28)46-4)27-24(31(34,35)36)15(2)11-21(37)39-27/h5-8,11-13,16H,1,9-10,14H2,2-4H3,(H2,37,39)(H,38,44). The van der Waals surface area contributed by atoms with Crippen molar-refractivity contribution in [1.82, 2.24) is 19.9 Å². The zero-order valence-electron chi connectivity index (χ0n) is 24.9. The van der Waals surface area contributed by atoms with Crippen molar-refractivity contribution < 1.29 is 31.9 Å². The number of hydrogen-bond donors (Lipinski definition) is 2. The van der Waals surface area contributed by atoms with Gasteiger partial charge in [0.1, 0.15) is 17.2 Å². The maximum absolute atomic E-state index is 16.3. The number of anilines is 3. The Kier molecular flexibility index (Phi) is 8.76. The van der Waals surface area contributed by atoms with Gasteiger partial charge in [-0.15, -0.1) is 0 Å². The number of pyridine rings is 1. The number of fused-ring (bicyclic) bond motifs is 1. The summed E-state index contributed by atoms with van der Waals surface area (Å²) in [4.78, 5) is 40.9. The molecule has 1 aliphatic rings. The first-order valence-electron chi connectivity index (χ1n) is 13.9. The van der Waals surface area contributed by atoms with Crippen LogP contribution in [0.4, 0.5) is 34.9 Å². The molecule has 0 bridgehead atoms. The number of aromatic nitrogens is 3. The molecule has 1 fully saturated rings. The number of carbonyl (C=O) groups excluding carboxylic acids is 2. The van der Waals surface area contributed by atoms with Crippen LogP contribution in [0.25, 0.3) is 22.2 Å². The third-order valence-corrected chi connectivity index (χ3v) is 7.83. The van der Waals surface area contributed by atoms with Crippen LogP contribution in [0, 0.1) is 12.7 Å². The quantitative estimate of drug-likeness (QED) is 0.195. The van der Waals surface area contributed by atoms with E-state index in [0.29, 0.717) is 11.3 Å². The third kappa shape index (κ3) is 6.12. The molecule has 1 atom stereocenters. The molecule has 1 saturated heterocycles. The van der Waals surface area contributed by atoms with Gasteiger partial charge in [0.05, 0.1) is 29.0 Å². The molecule has 2 amide bonds. The molecule has 1 aliphatic heterocycles. The first-order valence-corrected chi connectivity index (χ1v) is 14.3. The molecule has 5 rings (SSSR count). The maximum atomic E-state index is 16.3. The van der Waals surface area contributed by atoms with Crippen LogP contribution in [-0.4, -0.2) is 64.5 Å². The first kappa shape index (κ1) is 32.4. The van der Waals surface area contributed by atoms with E-state index in [9.17, 15) is 22.8 Å². The second kappa shape index (κ2) is 12.4. The van der Waals surface area contributed by atoms with Gasteiger partial charge in [-0.25, -0.2) is 9.37 Å². The highest BCUT2D eigenvalue weighted by atomic mass is 35.5. The van der Waals surface area contributed by atoms with Crippen LogP contribution in [0.3, 0.4) is 0 Å². The van der Waals surface area contributed by atoms with Gasteiger partial charge in [-0.2, -0.15) is 23.1 Å². The van der Waals surface area contributed by atoms with Gasteiger partial charge in [0, 0.05) is 42.3 Å². The molecule has 3 heterocycles. The molecular weight excluding hydrogens is 630 g/mol. The van der Waals surface area contributed by atoms with Crippen molar-refractivity contribution in [3.63, 3.8) is 0 Å².